The number of hydrogen-bond acceptors (Lipinski definition) is 4. The molecule has 0 aromatic heterocycles. The number of carbonyl (C=O) groups excluding carboxylic acids is 2. The van der Waals surface area contributed by atoms with Gasteiger partial charge in [-0.15, -0.1) is 0 Å². The summed E-state index contributed by atoms with van der Waals surface area (Å²) in [6.07, 6.45) is 16.5. The first-order valence-electron chi connectivity index (χ1n) is 7.62. The van der Waals surface area contributed by atoms with Gasteiger partial charge in [-0.05, 0) is 35.5 Å². The summed E-state index contributed by atoms with van der Waals surface area (Å²) in [4.78, 5) is 26.6. The molecule has 116 valence electrons. The fraction of sp³-hybridized carbons (Fsp3) is 0. The number of dihydropyridines is 1. The van der Waals surface area contributed by atoms with Gasteiger partial charge in [0.05, 0.1) is 5.70 Å². The Morgan fingerprint density at radius 2 is 1.42 bits per heavy atom. The van der Waals surface area contributed by atoms with Gasteiger partial charge in [0.15, 0.2) is 5.78 Å². The molecular weight excluding hydrogens is 300 g/mol. The molecule has 1 aromatic rings. The molecule has 4 rings (SSSR count). The minimum absolute atomic E-state index is 0.141. The molecule has 0 saturated heterocycles. The second kappa shape index (κ2) is 5.66. The van der Waals surface area contributed by atoms with Gasteiger partial charge in [-0.1, -0.05) is 24.3 Å². The lowest BCUT2D eigenvalue weighted by atomic mass is 9.92. The van der Waals surface area contributed by atoms with Crippen molar-refractivity contribution in [2.24, 2.45) is 0 Å². The minimum Gasteiger partial charge on any atom is -0.368 e. The highest BCUT2D eigenvalue weighted by Gasteiger charge is 2.27. The van der Waals surface area contributed by atoms with E-state index in [4.69, 9.17) is 0 Å². The zero-order valence-electron chi connectivity index (χ0n) is 12.8. The van der Waals surface area contributed by atoms with E-state index in [1.165, 1.54) is 6.08 Å². The molecule has 0 radical (unpaired) electrons. The van der Waals surface area contributed by atoms with E-state index < -0.39 is 0 Å². The van der Waals surface area contributed by atoms with Crippen molar-refractivity contribution in [1.29, 1.82) is 0 Å². The average molecular weight is 314 g/mol. The third-order valence-corrected chi connectivity index (χ3v) is 4.10. The summed E-state index contributed by atoms with van der Waals surface area (Å²) in [5.74, 6) is -0.285. The molecule has 0 fully saturated rings. The Kier molecular flexibility index (Phi) is 3.35. The summed E-state index contributed by atoms with van der Waals surface area (Å²) < 4.78 is 0. The average Bonchev–Trinajstić information content (AvgIpc) is 2.66. The number of allylic oxidation sites excluding steroid dienone is 8. The van der Waals surface area contributed by atoms with Crippen molar-refractivity contribution < 1.29 is 9.59 Å². The molecule has 4 heteroatoms. The van der Waals surface area contributed by atoms with E-state index in [2.05, 4.69) is 5.32 Å². The van der Waals surface area contributed by atoms with Crippen LogP contribution in [0.1, 0.15) is 20.7 Å². The van der Waals surface area contributed by atoms with Crippen LogP contribution in [0, 0.1) is 0 Å². The van der Waals surface area contributed by atoms with E-state index in [9.17, 15) is 9.59 Å². The molecule has 0 atom stereocenters. The van der Waals surface area contributed by atoms with E-state index in [1.807, 2.05) is 36.7 Å². The van der Waals surface area contributed by atoms with Gasteiger partial charge < -0.3 is 10.2 Å². The fourth-order valence-electron chi connectivity index (χ4n) is 2.85. The molecule has 2 heterocycles. The molecule has 0 amide bonds. The normalized spacial score (nSPS) is 18.7. The highest BCUT2D eigenvalue weighted by Crippen LogP contribution is 2.26. The molecule has 24 heavy (non-hydrogen) atoms. The lowest BCUT2D eigenvalue weighted by molar-refractivity contribution is 0.0968. The Labute approximate surface area is 139 Å². The number of hydrogen-bond donors (Lipinski definition) is 1. The van der Waals surface area contributed by atoms with Crippen LogP contribution in [0.25, 0.3) is 0 Å². The van der Waals surface area contributed by atoms with Gasteiger partial charge in [-0.25, -0.2) is 0 Å². The zero-order chi connectivity index (χ0) is 16.5. The van der Waals surface area contributed by atoms with Gasteiger partial charge in [0, 0.05) is 42.0 Å². The van der Waals surface area contributed by atoms with Gasteiger partial charge in [0.1, 0.15) is 0 Å². The van der Waals surface area contributed by atoms with E-state index in [1.54, 1.807) is 41.6 Å². The van der Waals surface area contributed by atoms with E-state index in [-0.39, 0.29) is 11.6 Å². The Balaban J connectivity index is 1.65. The van der Waals surface area contributed by atoms with Crippen LogP contribution in [-0.2, 0) is 0 Å². The molecule has 4 nitrogen and oxygen atoms in total. The summed E-state index contributed by atoms with van der Waals surface area (Å²) in [5.41, 5.74) is 3.40. The van der Waals surface area contributed by atoms with Crippen LogP contribution in [0.2, 0.25) is 0 Å². The van der Waals surface area contributed by atoms with Crippen LogP contribution in [0.3, 0.4) is 0 Å². The third kappa shape index (κ3) is 2.34. The summed E-state index contributed by atoms with van der Waals surface area (Å²) in [5, 5.41) is 2.99. The molecule has 0 unspecified atom stereocenters. The highest BCUT2D eigenvalue weighted by atomic mass is 16.1. The summed E-state index contributed by atoms with van der Waals surface area (Å²) in [6, 6.07) is 6.91. The van der Waals surface area contributed by atoms with Crippen molar-refractivity contribution in [3.63, 3.8) is 0 Å². The van der Waals surface area contributed by atoms with Crippen molar-refractivity contribution in [2.75, 3.05) is 0 Å². The van der Waals surface area contributed by atoms with Crippen molar-refractivity contribution in [3.8, 4) is 0 Å². The second-order valence-corrected chi connectivity index (χ2v) is 5.55. The van der Waals surface area contributed by atoms with Crippen LogP contribution in [-0.4, -0.2) is 16.5 Å². The smallest absolute Gasteiger partial charge is 0.210 e. The first-order valence-corrected chi connectivity index (χ1v) is 7.62. The lowest BCUT2D eigenvalue weighted by Gasteiger charge is -2.24. The van der Waals surface area contributed by atoms with Gasteiger partial charge in [0.2, 0.25) is 5.78 Å². The Morgan fingerprint density at radius 1 is 0.792 bits per heavy atom. The van der Waals surface area contributed by atoms with Crippen LogP contribution >= 0.6 is 0 Å². The fourth-order valence-corrected chi connectivity index (χ4v) is 2.85. The maximum Gasteiger partial charge on any atom is 0.210 e. The molecule has 0 bridgehead atoms. The highest BCUT2D eigenvalue weighted by molar-refractivity contribution is 6.24. The number of nitrogens with one attached hydrogen (secondary N) is 1. The first kappa shape index (κ1) is 14.2. The van der Waals surface area contributed by atoms with Crippen molar-refractivity contribution in [2.45, 2.75) is 0 Å². The SMILES string of the molecule is O=C1C=C(N2C=CC(=C3C=CNC=C3)C=C2)C(=O)c2ccccc21. The molecule has 3 aliphatic rings. The van der Waals surface area contributed by atoms with Gasteiger partial charge in [-0.3, -0.25) is 9.59 Å². The molecule has 1 aliphatic carbocycles. The number of carbonyl (C=O) groups is 2. The van der Waals surface area contributed by atoms with Crippen LogP contribution in [0.4, 0.5) is 0 Å². The van der Waals surface area contributed by atoms with Crippen LogP contribution in [0.5, 0.6) is 0 Å². The molecule has 0 saturated carbocycles. The number of fused-ring (bicyclic) bond motifs is 1. The number of benzene rings is 1. The number of Topliss-reactive ketones (excluding diaryl/α,β-unsaturated/α-hetero) is 1. The topological polar surface area (TPSA) is 49.4 Å². The van der Waals surface area contributed by atoms with E-state index in [0.717, 1.165) is 11.1 Å². The van der Waals surface area contributed by atoms with E-state index in [0.29, 0.717) is 16.8 Å². The maximum atomic E-state index is 12.7. The first-order chi connectivity index (χ1) is 11.7. The number of ketones is 2. The predicted octanol–water partition coefficient (Wildman–Crippen LogP) is 3.22. The quantitative estimate of drug-likeness (QED) is 0.865. The summed E-state index contributed by atoms with van der Waals surface area (Å²) in [7, 11) is 0. The molecule has 1 N–H and O–H groups in total. The summed E-state index contributed by atoms with van der Waals surface area (Å²) in [6.45, 7) is 0. The second-order valence-electron chi connectivity index (χ2n) is 5.55. The Hall–Kier alpha value is -3.40. The maximum absolute atomic E-state index is 12.7. The molecule has 0 spiro atoms. The van der Waals surface area contributed by atoms with Gasteiger partial charge in [-0.2, -0.15) is 0 Å². The Morgan fingerprint density at radius 3 is 2.12 bits per heavy atom. The third-order valence-electron chi connectivity index (χ3n) is 4.10. The molecular formula is C20H14N2O2. The van der Waals surface area contributed by atoms with E-state index >= 15 is 0 Å². The monoisotopic (exact) mass is 314 g/mol. The van der Waals surface area contributed by atoms with Gasteiger partial charge >= 0.3 is 0 Å². The van der Waals surface area contributed by atoms with Crippen molar-refractivity contribution in [3.05, 3.63) is 107 Å². The molecule has 2 aliphatic heterocycles. The summed E-state index contributed by atoms with van der Waals surface area (Å²) >= 11 is 0. The van der Waals surface area contributed by atoms with Crippen molar-refractivity contribution >= 4 is 11.6 Å². The number of nitrogens with zero attached hydrogens (tertiary/aromatic N) is 1. The van der Waals surface area contributed by atoms with Crippen LogP contribution < -0.4 is 5.32 Å². The standard InChI is InChI=1S/C20H14N2O2/c23-19-13-18(20(24)17-4-2-1-3-16(17)19)22-11-7-15(8-12-22)14-5-9-21-10-6-14/h1-13,21H. The Bertz CT molecular complexity index is 897. The van der Waals surface area contributed by atoms with Crippen LogP contribution in [0.15, 0.2) is 96.3 Å². The van der Waals surface area contributed by atoms with Gasteiger partial charge in [0.25, 0.3) is 0 Å². The zero-order valence-corrected chi connectivity index (χ0v) is 12.8. The lowest BCUT2D eigenvalue weighted by Crippen LogP contribution is -2.25. The largest absolute Gasteiger partial charge is 0.368 e. The minimum atomic E-state index is -0.143. The number of rotatable bonds is 1. The molecule has 1 aromatic carbocycles. The predicted molar refractivity (Wildman–Crippen MR) is 91.7 cm³/mol. The van der Waals surface area contributed by atoms with Crippen molar-refractivity contribution in [1.82, 2.24) is 10.2 Å².